The van der Waals surface area contributed by atoms with Crippen molar-refractivity contribution in [3.05, 3.63) is 0 Å². The quantitative estimate of drug-likeness (QED) is 0.0222. The Balaban J connectivity index is 5.23. The average molecular weight is 1350 g/mol. The zero-order chi connectivity index (χ0) is 68.2. The maximum Gasteiger partial charge on any atom is 0.472 e. The molecule has 0 aromatic heterocycles. The van der Waals surface area contributed by atoms with Gasteiger partial charge in [0, 0.05) is 25.7 Å². The van der Waals surface area contributed by atoms with Crippen molar-refractivity contribution in [2.45, 2.75) is 382 Å². The van der Waals surface area contributed by atoms with Gasteiger partial charge in [0.1, 0.15) is 19.3 Å². The van der Waals surface area contributed by atoms with E-state index in [0.717, 1.165) is 114 Å². The third-order valence-corrected chi connectivity index (χ3v) is 19.1. The van der Waals surface area contributed by atoms with E-state index in [1.54, 1.807) is 0 Å². The molecule has 3 unspecified atom stereocenters. The molecule has 0 spiro atoms. The Bertz CT molecular complexity index is 1820. The van der Waals surface area contributed by atoms with Gasteiger partial charge in [-0.05, 0) is 49.4 Å². The van der Waals surface area contributed by atoms with Crippen molar-refractivity contribution in [1.29, 1.82) is 0 Å². The van der Waals surface area contributed by atoms with Gasteiger partial charge in [0.15, 0.2) is 12.2 Å². The van der Waals surface area contributed by atoms with E-state index in [1.165, 1.54) is 161 Å². The predicted molar refractivity (Wildman–Crippen MR) is 372 cm³/mol. The highest BCUT2D eigenvalue weighted by molar-refractivity contribution is 7.47. The fraction of sp³-hybridized carbons (Fsp3) is 0.945. The molecule has 0 aliphatic rings. The van der Waals surface area contributed by atoms with Crippen molar-refractivity contribution < 1.29 is 80.2 Å². The van der Waals surface area contributed by atoms with Gasteiger partial charge in [-0.25, -0.2) is 9.13 Å². The minimum Gasteiger partial charge on any atom is -0.462 e. The second-order valence-electron chi connectivity index (χ2n) is 28.0. The number of phosphoric ester groups is 2. The van der Waals surface area contributed by atoms with Gasteiger partial charge < -0.3 is 33.8 Å². The number of ether oxygens (including phenoxy) is 4. The molecule has 0 aliphatic carbocycles. The second kappa shape index (κ2) is 62.6. The lowest BCUT2D eigenvalue weighted by atomic mass is 9.99. The molecule has 0 rings (SSSR count). The first-order valence-corrected chi connectivity index (χ1v) is 40.7. The average Bonchev–Trinajstić information content (AvgIpc) is 2.36. The number of aliphatic hydroxyl groups excluding tert-OH is 1. The third kappa shape index (κ3) is 65.4. The Morgan fingerprint density at radius 3 is 0.772 bits per heavy atom. The Kier molecular flexibility index (Phi) is 61.3. The van der Waals surface area contributed by atoms with Crippen LogP contribution in [0.15, 0.2) is 0 Å². The molecule has 6 atom stereocenters. The van der Waals surface area contributed by atoms with Crippen LogP contribution in [0.4, 0.5) is 0 Å². The maximum atomic E-state index is 13.0. The van der Waals surface area contributed by atoms with Gasteiger partial charge in [-0.3, -0.25) is 37.3 Å². The lowest BCUT2D eigenvalue weighted by Crippen LogP contribution is -2.30. The van der Waals surface area contributed by atoms with Crippen LogP contribution in [0.1, 0.15) is 364 Å². The number of hydrogen-bond donors (Lipinski definition) is 3. The zero-order valence-electron chi connectivity index (χ0n) is 60.2. The van der Waals surface area contributed by atoms with E-state index in [1.807, 2.05) is 0 Å². The van der Waals surface area contributed by atoms with Crippen LogP contribution >= 0.6 is 15.6 Å². The van der Waals surface area contributed by atoms with Crippen molar-refractivity contribution in [2.24, 2.45) is 23.7 Å². The van der Waals surface area contributed by atoms with Crippen molar-refractivity contribution in [2.75, 3.05) is 39.6 Å². The lowest BCUT2D eigenvalue weighted by Gasteiger charge is -2.21. The molecule has 0 amide bonds. The van der Waals surface area contributed by atoms with Crippen LogP contribution in [-0.2, 0) is 65.4 Å². The molecule has 17 nitrogen and oxygen atoms in total. The predicted octanol–water partition coefficient (Wildman–Crippen LogP) is 20.9. The molecular weight excluding hydrogens is 1210 g/mol. The summed E-state index contributed by atoms with van der Waals surface area (Å²) >= 11 is 0. The van der Waals surface area contributed by atoms with E-state index >= 15 is 0 Å². The summed E-state index contributed by atoms with van der Waals surface area (Å²) < 4.78 is 68.4. The van der Waals surface area contributed by atoms with Crippen LogP contribution in [0, 0.1) is 23.7 Å². The zero-order valence-corrected chi connectivity index (χ0v) is 62.0. The maximum absolute atomic E-state index is 13.0. The highest BCUT2D eigenvalue weighted by Crippen LogP contribution is 2.45. The van der Waals surface area contributed by atoms with Gasteiger partial charge in [-0.2, -0.15) is 0 Å². The summed E-state index contributed by atoms with van der Waals surface area (Å²) in [4.78, 5) is 72.7. The van der Waals surface area contributed by atoms with Gasteiger partial charge in [0.2, 0.25) is 0 Å². The van der Waals surface area contributed by atoms with Crippen LogP contribution < -0.4 is 0 Å². The Morgan fingerprint density at radius 2 is 0.522 bits per heavy atom. The fourth-order valence-electron chi connectivity index (χ4n) is 11.0. The van der Waals surface area contributed by atoms with Crippen LogP contribution in [0.3, 0.4) is 0 Å². The molecule has 0 saturated heterocycles. The lowest BCUT2D eigenvalue weighted by molar-refractivity contribution is -0.161. The molecule has 92 heavy (non-hydrogen) atoms. The van der Waals surface area contributed by atoms with Crippen LogP contribution in [0.5, 0.6) is 0 Å². The highest BCUT2D eigenvalue weighted by Gasteiger charge is 2.30. The van der Waals surface area contributed by atoms with E-state index in [-0.39, 0.29) is 25.7 Å². The van der Waals surface area contributed by atoms with Crippen LogP contribution in [0.25, 0.3) is 0 Å². The first-order chi connectivity index (χ1) is 44.1. The van der Waals surface area contributed by atoms with Gasteiger partial charge in [0.05, 0.1) is 26.4 Å². The molecule has 0 radical (unpaired) electrons. The molecule has 0 saturated carbocycles. The highest BCUT2D eigenvalue weighted by atomic mass is 31.2. The van der Waals surface area contributed by atoms with E-state index in [2.05, 4.69) is 55.4 Å². The summed E-state index contributed by atoms with van der Waals surface area (Å²) in [6, 6.07) is 0. The Morgan fingerprint density at radius 1 is 0.304 bits per heavy atom. The standard InChI is InChI=1S/C73H142O17P2/c1-9-66(8)52-44-36-27-23-24-30-40-48-56-73(78)90-68(59-83-70(75)53-45-37-28-21-17-14-13-16-20-26-34-42-50-64(4)5)61-87-91(79,80)85-57-67(74)58-86-92(81,82)88-62-69(60-84-71(76)54-46-38-32-31-35-43-51-65(6)7)89-72(77)55-47-39-29-22-18-12-10-11-15-19-25-33-41-49-63(2)3/h63-69,74H,9-62H2,1-8H3,(H,79,80)(H,81,82)/t66?,67-,68-,69-/m1/s1. The third-order valence-electron chi connectivity index (χ3n) is 17.2. The Hall–Kier alpha value is -1.94. The molecule has 0 heterocycles. The van der Waals surface area contributed by atoms with E-state index in [0.29, 0.717) is 31.6 Å². The number of aliphatic hydroxyl groups is 1. The summed E-state index contributed by atoms with van der Waals surface area (Å²) in [6.07, 6.45) is 45.9. The summed E-state index contributed by atoms with van der Waals surface area (Å²) in [5.41, 5.74) is 0. The minimum absolute atomic E-state index is 0.104. The van der Waals surface area contributed by atoms with Crippen molar-refractivity contribution >= 4 is 39.5 Å². The smallest absolute Gasteiger partial charge is 0.462 e. The number of carbonyl (C=O) groups is 4. The second-order valence-corrected chi connectivity index (χ2v) is 30.9. The van der Waals surface area contributed by atoms with Crippen molar-refractivity contribution in [3.8, 4) is 0 Å². The normalized spacial score (nSPS) is 14.5. The van der Waals surface area contributed by atoms with Gasteiger partial charge in [-0.15, -0.1) is 0 Å². The monoisotopic (exact) mass is 1350 g/mol. The van der Waals surface area contributed by atoms with Gasteiger partial charge in [-0.1, -0.05) is 312 Å². The molecule has 19 heteroatoms. The van der Waals surface area contributed by atoms with E-state index in [9.17, 15) is 43.2 Å². The van der Waals surface area contributed by atoms with E-state index < -0.39 is 97.5 Å². The number of esters is 4. The number of rotatable bonds is 70. The number of phosphoric acid groups is 2. The number of carbonyl (C=O) groups excluding carboxylic acids is 4. The molecule has 0 fully saturated rings. The molecule has 0 aromatic carbocycles. The molecule has 0 bridgehead atoms. The largest absolute Gasteiger partial charge is 0.472 e. The summed E-state index contributed by atoms with van der Waals surface area (Å²) in [5.74, 6) is 0.890. The SMILES string of the molecule is CCC(C)CCCCCCCCCCC(=O)O[C@H](COC(=O)CCCCCCCCCCCCCCC(C)C)COP(=O)(O)OC[C@@H](O)COP(=O)(O)OC[C@@H](COC(=O)CCCCCCCCC(C)C)OC(=O)CCCCCCCCCCCCCCCC(C)C. The van der Waals surface area contributed by atoms with Crippen LogP contribution in [-0.4, -0.2) is 96.7 Å². The minimum atomic E-state index is -4.95. The van der Waals surface area contributed by atoms with Gasteiger partial charge in [0.25, 0.3) is 0 Å². The summed E-state index contributed by atoms with van der Waals surface area (Å²) in [5, 5.41) is 10.6. The molecule has 0 aromatic rings. The fourth-order valence-corrected chi connectivity index (χ4v) is 12.6. The molecule has 3 N–H and O–H groups in total. The first-order valence-electron chi connectivity index (χ1n) is 37.7. The summed E-state index contributed by atoms with van der Waals surface area (Å²) in [7, 11) is -9.91. The van der Waals surface area contributed by atoms with Crippen molar-refractivity contribution in [1.82, 2.24) is 0 Å². The molecule has 0 aliphatic heterocycles. The Labute approximate surface area is 562 Å². The van der Waals surface area contributed by atoms with Crippen molar-refractivity contribution in [3.63, 3.8) is 0 Å². The first kappa shape index (κ1) is 90.1. The number of unbranched alkanes of at least 4 members (excludes halogenated alkanes) is 35. The summed E-state index contributed by atoms with van der Waals surface area (Å²) in [6.45, 7) is 14.1. The number of hydrogen-bond acceptors (Lipinski definition) is 15. The van der Waals surface area contributed by atoms with Gasteiger partial charge >= 0.3 is 39.5 Å². The topological polar surface area (TPSA) is 237 Å². The van der Waals surface area contributed by atoms with Crippen LogP contribution in [0.2, 0.25) is 0 Å². The molecule has 546 valence electrons. The molecular formula is C73H142O17P2. The van der Waals surface area contributed by atoms with E-state index in [4.69, 9.17) is 37.0 Å².